The summed E-state index contributed by atoms with van der Waals surface area (Å²) < 4.78 is 1.85. The van der Waals surface area contributed by atoms with E-state index < -0.39 is 48.2 Å². The van der Waals surface area contributed by atoms with Crippen molar-refractivity contribution in [3.8, 4) is 0 Å². The molecule has 196 valence electrons. The molecule has 10 nitrogen and oxygen atoms in total. The molecule has 0 aromatic carbocycles. The van der Waals surface area contributed by atoms with Gasteiger partial charge in [-0.25, -0.2) is 4.79 Å². The van der Waals surface area contributed by atoms with Gasteiger partial charge in [-0.1, -0.05) is 11.6 Å². The predicted molar refractivity (Wildman–Crippen MR) is 198 cm³/mol. The Labute approximate surface area is 279 Å². The van der Waals surface area contributed by atoms with E-state index in [1.807, 2.05) is 11.4 Å². The summed E-state index contributed by atoms with van der Waals surface area (Å²) in [5.74, 6) is 0. The number of anilines is 1. The van der Waals surface area contributed by atoms with Crippen molar-refractivity contribution in [1.82, 2.24) is 9.55 Å². The van der Waals surface area contributed by atoms with Crippen LogP contribution in [0.1, 0.15) is 0 Å². The van der Waals surface area contributed by atoms with Gasteiger partial charge in [-0.05, 0) is 22.2 Å². The highest BCUT2D eigenvalue weighted by molar-refractivity contribution is 8.10. The molecule has 4 rings (SSSR count). The van der Waals surface area contributed by atoms with Gasteiger partial charge in [0.15, 0.2) is 9.34 Å². The normalized spacial score (nSPS) is 9.56. The Kier molecular flexibility index (Phi) is 17.2. The van der Waals surface area contributed by atoms with Crippen LogP contribution >= 0.6 is 45.6 Å². The number of hydrogen-bond donors (Lipinski definition) is 2. The van der Waals surface area contributed by atoms with E-state index in [-0.39, 0.29) is 21.4 Å². The third kappa shape index (κ3) is 11.9. The number of aromatic amines is 1. The molecular formula is C15H14B14ClN5O5S3. The zero-order chi connectivity index (χ0) is 33.0. The van der Waals surface area contributed by atoms with E-state index in [1.54, 1.807) is 40.8 Å². The number of nitrogens with zero attached hydrogens (tertiary/aromatic N) is 3. The summed E-state index contributed by atoms with van der Waals surface area (Å²) in [6, 6.07) is 4.77. The van der Waals surface area contributed by atoms with E-state index >= 15 is 0 Å². The predicted octanol–water partition coefficient (Wildman–Crippen LogP) is -0.395. The van der Waals surface area contributed by atoms with Crippen molar-refractivity contribution in [3.63, 3.8) is 0 Å². The number of rotatable bonds is 8. The standard InChI is InChI=1S/C6H6N2OS.C5H6N2O2S.C4H2ClNO2S.B14/c1-8-5-4(2-3-10-5)7-6(8)9;1-6-5-4(7(8)9)2-3-10-5;5-4-3(6(7)8)1-2-9-4;1-9(2)13(10(3)4)14(11(5)6)12(7)8/h2-3H,1H3,(H,7,9);2-3,6H,1H3;1-2H;. The van der Waals surface area contributed by atoms with E-state index in [4.69, 9.17) is 73.5 Å². The molecule has 0 unspecified atom stereocenters. The highest BCUT2D eigenvalue weighted by atomic mass is 35.5. The molecule has 43 heavy (non-hydrogen) atoms. The summed E-state index contributed by atoms with van der Waals surface area (Å²) >= 11 is 9.46. The number of nitro groups is 2. The first-order chi connectivity index (χ1) is 20.0. The second kappa shape index (κ2) is 18.9. The smallest absolute Gasteiger partial charge is 0.326 e. The molecule has 0 aliphatic carbocycles. The van der Waals surface area contributed by atoms with Crippen molar-refractivity contribution < 1.29 is 9.85 Å². The van der Waals surface area contributed by atoms with E-state index in [2.05, 4.69) is 10.3 Å². The minimum Gasteiger partial charge on any atom is -0.374 e. The number of nitrogens with one attached hydrogen (secondary N) is 2. The highest BCUT2D eigenvalue weighted by Crippen LogP contribution is 2.29. The number of halogens is 1. The summed E-state index contributed by atoms with van der Waals surface area (Å²) in [5.41, 5.74) is 1.02. The first-order valence-corrected chi connectivity index (χ1v) is 15.0. The molecule has 4 heterocycles. The van der Waals surface area contributed by atoms with Crippen molar-refractivity contribution in [2.24, 2.45) is 7.05 Å². The maximum atomic E-state index is 10.9. The number of H-pyrrole nitrogens is 1. The van der Waals surface area contributed by atoms with E-state index in [1.165, 1.54) is 23.5 Å². The monoisotopic (exact) mass is 629 g/mol. The van der Waals surface area contributed by atoms with Crippen LogP contribution in [0.3, 0.4) is 0 Å². The second-order valence-electron chi connectivity index (χ2n) is 8.57. The zero-order valence-electron chi connectivity index (χ0n) is 23.0. The van der Waals surface area contributed by atoms with Gasteiger partial charge in [-0.2, -0.15) is 0 Å². The Morgan fingerprint density at radius 3 is 1.58 bits per heavy atom. The molecule has 0 fully saturated rings. The molecule has 4 aromatic rings. The molecule has 16 radical (unpaired) electrons. The lowest BCUT2D eigenvalue weighted by atomic mass is 8.47. The van der Waals surface area contributed by atoms with Gasteiger partial charge in [0.1, 0.15) is 4.83 Å². The molecule has 2 N–H and O–H groups in total. The Morgan fingerprint density at radius 2 is 1.26 bits per heavy atom. The lowest BCUT2D eigenvalue weighted by molar-refractivity contribution is -0.384. The number of hydrogen-bond acceptors (Lipinski definition) is 9. The molecule has 0 amide bonds. The molecule has 0 atom stereocenters. The number of fused-ring (bicyclic) bond motifs is 1. The molecular weight excluding hydrogens is 613 g/mol. The molecule has 0 spiro atoms. The third-order valence-corrected chi connectivity index (χ3v) is 8.64. The van der Waals surface area contributed by atoms with Crippen molar-refractivity contribution in [2.45, 2.75) is 0 Å². The first kappa shape index (κ1) is 39.2. The Morgan fingerprint density at radius 1 is 0.814 bits per heavy atom. The number of imidazole rings is 1. The fourth-order valence-corrected chi connectivity index (χ4v) is 5.94. The van der Waals surface area contributed by atoms with Crippen LogP contribution in [0, 0.1) is 20.2 Å². The fourth-order valence-electron chi connectivity index (χ4n) is 3.54. The van der Waals surface area contributed by atoms with Gasteiger partial charge in [0.25, 0.3) is 5.69 Å². The zero-order valence-corrected chi connectivity index (χ0v) is 26.2. The van der Waals surface area contributed by atoms with Gasteiger partial charge in [-0.3, -0.25) is 24.8 Å². The quantitative estimate of drug-likeness (QED) is 0.155. The second-order valence-corrected chi connectivity index (χ2v) is 11.9. The molecule has 0 aliphatic heterocycles. The summed E-state index contributed by atoms with van der Waals surface area (Å²) in [6.07, 6.45) is -4.08. The van der Waals surface area contributed by atoms with Gasteiger partial charge >= 0.3 is 11.4 Å². The van der Waals surface area contributed by atoms with Crippen LogP contribution in [-0.2, 0) is 7.05 Å². The first-order valence-electron chi connectivity index (χ1n) is 12.0. The average Bonchev–Trinajstić information content (AvgIpc) is 3.70. The van der Waals surface area contributed by atoms with Crippen molar-refractivity contribution in [3.05, 3.63) is 69.4 Å². The van der Waals surface area contributed by atoms with Gasteiger partial charge in [0, 0.05) is 126 Å². The van der Waals surface area contributed by atoms with Crippen molar-refractivity contribution in [2.75, 3.05) is 12.4 Å². The van der Waals surface area contributed by atoms with Crippen LogP contribution in [0.2, 0.25) is 4.34 Å². The largest absolute Gasteiger partial charge is 0.374 e. The average molecular weight is 627 g/mol. The molecule has 0 saturated heterocycles. The third-order valence-electron chi connectivity index (χ3n) is 5.58. The fraction of sp³-hybridized carbons (Fsp3) is 0.133. The summed E-state index contributed by atoms with van der Waals surface area (Å²) in [7, 11) is 47.5. The minimum absolute atomic E-state index is 0.0123. The van der Waals surface area contributed by atoms with Gasteiger partial charge in [0.05, 0.1) is 15.4 Å². The molecule has 0 bridgehead atoms. The van der Waals surface area contributed by atoms with Gasteiger partial charge in [-0.15, -0.1) is 34.0 Å². The Hall–Kier alpha value is -1.83. The van der Waals surface area contributed by atoms with Crippen molar-refractivity contribution >= 4 is 173 Å². The number of aryl methyl sites for hydroxylation is 1. The van der Waals surface area contributed by atoms with E-state index in [0.717, 1.165) is 21.7 Å². The van der Waals surface area contributed by atoms with Crippen LogP contribution in [0.4, 0.5) is 16.4 Å². The number of aromatic nitrogens is 2. The van der Waals surface area contributed by atoms with Crippen LogP contribution < -0.4 is 11.0 Å². The van der Waals surface area contributed by atoms with Crippen LogP contribution in [0.25, 0.3) is 10.3 Å². The Balaban J connectivity index is 0.000000290. The topological polar surface area (TPSA) is 136 Å². The number of thiophene rings is 3. The van der Waals surface area contributed by atoms with E-state index in [9.17, 15) is 25.0 Å². The maximum Gasteiger partial charge on any atom is 0.326 e. The van der Waals surface area contributed by atoms with Crippen LogP contribution in [-0.4, -0.2) is 127 Å². The van der Waals surface area contributed by atoms with Gasteiger partial charge in [0.2, 0.25) is 0 Å². The van der Waals surface area contributed by atoms with Crippen LogP contribution in [0.15, 0.2) is 39.1 Å². The maximum absolute atomic E-state index is 10.9. The van der Waals surface area contributed by atoms with Crippen molar-refractivity contribution in [1.29, 1.82) is 0 Å². The SMILES string of the molecule is CNc1sccc1[N+](=O)[O-].Cn1c(=O)[nH]c2ccsc21.O=[N+]([O-])c1ccsc1Cl.[B]B([B])B(B([B])[B])B(B([B])[B])B([B])[B]. The minimum atomic E-state index is -0.760. The molecule has 0 saturated carbocycles. The van der Waals surface area contributed by atoms with Gasteiger partial charge < -0.3 is 10.3 Å². The summed E-state index contributed by atoms with van der Waals surface area (Å²) in [4.78, 5) is 34.0. The lowest BCUT2D eigenvalue weighted by Gasteiger charge is -2.34. The molecule has 28 heteroatoms. The van der Waals surface area contributed by atoms with Crippen LogP contribution in [0.5, 0.6) is 0 Å². The molecule has 4 aromatic heterocycles. The highest BCUT2D eigenvalue weighted by Gasteiger charge is 2.35. The van der Waals surface area contributed by atoms with E-state index in [0.29, 0.717) is 5.00 Å². The lowest BCUT2D eigenvalue weighted by Crippen LogP contribution is -2.72. The summed E-state index contributed by atoms with van der Waals surface area (Å²) in [5, 5.41) is 28.8. The summed E-state index contributed by atoms with van der Waals surface area (Å²) in [6.45, 7) is 0. The molecule has 0 aliphatic rings. The Bertz CT molecular complexity index is 1460.